The highest BCUT2D eigenvalue weighted by Gasteiger charge is 2.15. The van der Waals surface area contributed by atoms with Crippen LogP contribution in [0.4, 0.5) is 5.82 Å². The first-order valence-electron chi connectivity index (χ1n) is 5.76. The van der Waals surface area contributed by atoms with Crippen molar-refractivity contribution in [1.82, 2.24) is 14.7 Å². The molecule has 0 radical (unpaired) electrons. The van der Waals surface area contributed by atoms with E-state index in [9.17, 15) is 8.42 Å². The lowest BCUT2D eigenvalue weighted by Gasteiger charge is -2.07. The van der Waals surface area contributed by atoms with E-state index in [-0.39, 0.29) is 10.8 Å². The number of aromatic nitrogens is 2. The summed E-state index contributed by atoms with van der Waals surface area (Å²) in [5.41, 5.74) is 0. The zero-order valence-corrected chi connectivity index (χ0v) is 13.0. The van der Waals surface area contributed by atoms with E-state index in [4.69, 9.17) is 11.6 Å². The normalized spacial score (nSPS) is 11.5. The Hall–Kier alpha value is -1.22. The second-order valence-electron chi connectivity index (χ2n) is 3.87. The zero-order chi connectivity index (χ0) is 14.6. The molecule has 0 fully saturated rings. The first-order valence-corrected chi connectivity index (χ1v) is 8.44. The van der Waals surface area contributed by atoms with Gasteiger partial charge in [0.25, 0.3) is 0 Å². The van der Waals surface area contributed by atoms with Crippen LogP contribution in [0.2, 0.25) is 4.34 Å². The molecule has 0 aliphatic rings. The van der Waals surface area contributed by atoms with Gasteiger partial charge in [0.1, 0.15) is 15.9 Å². The van der Waals surface area contributed by atoms with Crippen molar-refractivity contribution in [3.05, 3.63) is 34.6 Å². The molecule has 9 heteroatoms. The summed E-state index contributed by atoms with van der Waals surface area (Å²) in [6.07, 6.45) is 1.64. The third kappa shape index (κ3) is 4.14. The number of halogens is 1. The van der Waals surface area contributed by atoms with Crippen LogP contribution in [-0.4, -0.2) is 31.5 Å². The SMILES string of the molecule is Cc1nccc(NCCNS(=O)(=O)c2ccc(Cl)s2)n1. The summed E-state index contributed by atoms with van der Waals surface area (Å²) in [5, 5.41) is 3.01. The number of rotatable bonds is 6. The van der Waals surface area contributed by atoms with Crippen LogP contribution in [-0.2, 0) is 10.0 Å². The fourth-order valence-corrected chi connectivity index (χ4v) is 4.00. The van der Waals surface area contributed by atoms with Gasteiger partial charge >= 0.3 is 0 Å². The van der Waals surface area contributed by atoms with Gasteiger partial charge < -0.3 is 5.32 Å². The molecule has 2 rings (SSSR count). The minimum absolute atomic E-state index is 0.209. The first-order chi connectivity index (χ1) is 9.47. The molecule has 6 nitrogen and oxygen atoms in total. The summed E-state index contributed by atoms with van der Waals surface area (Å²) in [5.74, 6) is 1.32. The largest absolute Gasteiger partial charge is 0.369 e. The predicted octanol–water partition coefficient (Wildman–Crippen LogP) is 1.89. The van der Waals surface area contributed by atoms with E-state index in [2.05, 4.69) is 20.0 Å². The van der Waals surface area contributed by atoms with Gasteiger partial charge in [-0.25, -0.2) is 23.1 Å². The fraction of sp³-hybridized carbons (Fsp3) is 0.273. The third-order valence-electron chi connectivity index (χ3n) is 2.31. The van der Waals surface area contributed by atoms with Crippen LogP contribution >= 0.6 is 22.9 Å². The third-order valence-corrected chi connectivity index (χ3v) is 5.50. The number of nitrogens with zero attached hydrogens (tertiary/aromatic N) is 2. The van der Waals surface area contributed by atoms with Gasteiger partial charge in [-0.05, 0) is 25.1 Å². The van der Waals surface area contributed by atoms with E-state index < -0.39 is 10.0 Å². The molecule has 0 unspecified atom stereocenters. The lowest BCUT2D eigenvalue weighted by Crippen LogP contribution is -2.28. The second-order valence-corrected chi connectivity index (χ2v) is 7.58. The first kappa shape index (κ1) is 15.2. The van der Waals surface area contributed by atoms with Gasteiger partial charge in [-0.3, -0.25) is 0 Å². The minimum Gasteiger partial charge on any atom is -0.369 e. The average Bonchev–Trinajstić information content (AvgIpc) is 2.82. The highest BCUT2D eigenvalue weighted by molar-refractivity contribution is 7.91. The van der Waals surface area contributed by atoms with E-state index in [1.165, 1.54) is 6.07 Å². The van der Waals surface area contributed by atoms with Crippen molar-refractivity contribution in [2.24, 2.45) is 0 Å². The van der Waals surface area contributed by atoms with Gasteiger partial charge in [0.05, 0.1) is 4.34 Å². The standard InChI is InChI=1S/C11H13ClN4O2S2/c1-8-13-5-4-10(16-8)14-6-7-15-20(17,18)11-3-2-9(12)19-11/h2-5,15H,6-7H2,1H3,(H,13,14,16). The highest BCUT2D eigenvalue weighted by Crippen LogP contribution is 2.25. The number of aryl methyl sites for hydroxylation is 1. The smallest absolute Gasteiger partial charge is 0.250 e. The Morgan fingerprint density at radius 3 is 2.75 bits per heavy atom. The van der Waals surface area contributed by atoms with Gasteiger partial charge in [-0.1, -0.05) is 11.6 Å². The molecule has 0 aliphatic heterocycles. The Morgan fingerprint density at radius 1 is 1.30 bits per heavy atom. The monoisotopic (exact) mass is 332 g/mol. The van der Waals surface area contributed by atoms with Gasteiger partial charge in [0.2, 0.25) is 10.0 Å². The molecular formula is C11H13ClN4O2S2. The van der Waals surface area contributed by atoms with Crippen LogP contribution in [0, 0.1) is 6.92 Å². The number of hydrogen-bond acceptors (Lipinski definition) is 6. The topological polar surface area (TPSA) is 84.0 Å². The minimum atomic E-state index is -3.49. The number of anilines is 1. The summed E-state index contributed by atoms with van der Waals surface area (Å²) in [6, 6.07) is 4.76. The van der Waals surface area contributed by atoms with E-state index in [1.807, 2.05) is 0 Å². The fourth-order valence-electron chi connectivity index (χ4n) is 1.44. The zero-order valence-electron chi connectivity index (χ0n) is 10.6. The quantitative estimate of drug-likeness (QED) is 0.789. The highest BCUT2D eigenvalue weighted by atomic mass is 35.5. The average molecular weight is 333 g/mol. The van der Waals surface area contributed by atoms with E-state index >= 15 is 0 Å². The number of sulfonamides is 1. The van der Waals surface area contributed by atoms with Crippen LogP contribution in [0.1, 0.15) is 5.82 Å². The lowest BCUT2D eigenvalue weighted by molar-refractivity contribution is 0.585. The van der Waals surface area contributed by atoms with Crippen molar-refractivity contribution >= 4 is 38.8 Å². The lowest BCUT2D eigenvalue weighted by atomic mass is 10.5. The number of thiophene rings is 1. The van der Waals surface area contributed by atoms with Crippen molar-refractivity contribution < 1.29 is 8.42 Å². The predicted molar refractivity (Wildman–Crippen MR) is 79.8 cm³/mol. The van der Waals surface area contributed by atoms with Crippen LogP contribution < -0.4 is 10.0 Å². The van der Waals surface area contributed by atoms with Gasteiger partial charge in [-0.2, -0.15) is 0 Å². The molecule has 0 aromatic carbocycles. The molecule has 0 atom stereocenters. The number of nitrogens with one attached hydrogen (secondary N) is 2. The van der Waals surface area contributed by atoms with E-state index in [0.29, 0.717) is 22.5 Å². The van der Waals surface area contributed by atoms with Crippen LogP contribution in [0.3, 0.4) is 0 Å². The molecule has 2 aromatic heterocycles. The van der Waals surface area contributed by atoms with E-state index in [0.717, 1.165) is 11.3 Å². The molecule has 2 N–H and O–H groups in total. The Balaban J connectivity index is 1.84. The van der Waals surface area contributed by atoms with Crippen molar-refractivity contribution in [2.45, 2.75) is 11.1 Å². The molecule has 0 spiro atoms. The van der Waals surface area contributed by atoms with Crippen LogP contribution in [0.15, 0.2) is 28.6 Å². The van der Waals surface area contributed by atoms with Crippen molar-refractivity contribution in [2.75, 3.05) is 18.4 Å². The number of hydrogen-bond donors (Lipinski definition) is 2. The van der Waals surface area contributed by atoms with Crippen LogP contribution in [0.5, 0.6) is 0 Å². The Kier molecular flexibility index (Phi) is 4.92. The van der Waals surface area contributed by atoms with E-state index in [1.54, 1.807) is 25.3 Å². The molecule has 2 aromatic rings. The summed E-state index contributed by atoms with van der Waals surface area (Å²) >= 11 is 6.75. The maximum absolute atomic E-state index is 11.9. The second kappa shape index (κ2) is 6.49. The van der Waals surface area contributed by atoms with Crippen molar-refractivity contribution in [3.8, 4) is 0 Å². The molecule has 0 saturated carbocycles. The van der Waals surface area contributed by atoms with Gasteiger partial charge in [-0.15, -0.1) is 11.3 Å². The molecular weight excluding hydrogens is 320 g/mol. The summed E-state index contributed by atoms with van der Waals surface area (Å²) in [4.78, 5) is 8.13. The van der Waals surface area contributed by atoms with Crippen molar-refractivity contribution in [3.63, 3.8) is 0 Å². The Morgan fingerprint density at radius 2 is 2.10 bits per heavy atom. The molecule has 0 saturated heterocycles. The summed E-state index contributed by atoms with van der Waals surface area (Å²) in [6.45, 7) is 2.46. The molecule has 0 bridgehead atoms. The molecule has 108 valence electrons. The van der Waals surface area contributed by atoms with Crippen LogP contribution in [0.25, 0.3) is 0 Å². The summed E-state index contributed by atoms with van der Waals surface area (Å²) in [7, 11) is -3.49. The summed E-state index contributed by atoms with van der Waals surface area (Å²) < 4.78 is 26.9. The van der Waals surface area contributed by atoms with Gasteiger partial charge in [0.15, 0.2) is 0 Å². The van der Waals surface area contributed by atoms with Gasteiger partial charge in [0, 0.05) is 19.3 Å². The molecule has 2 heterocycles. The maximum atomic E-state index is 11.9. The Bertz CT molecular complexity index is 687. The molecule has 0 aliphatic carbocycles. The Labute approximate surface area is 126 Å². The van der Waals surface area contributed by atoms with Crippen molar-refractivity contribution in [1.29, 1.82) is 0 Å². The molecule has 0 amide bonds. The maximum Gasteiger partial charge on any atom is 0.250 e. The molecule has 20 heavy (non-hydrogen) atoms.